The molecule has 1 aromatic rings. The van der Waals surface area contributed by atoms with Gasteiger partial charge in [-0.1, -0.05) is 44.2 Å². The van der Waals surface area contributed by atoms with Gasteiger partial charge in [-0.3, -0.25) is 4.90 Å². The van der Waals surface area contributed by atoms with Gasteiger partial charge in [-0.2, -0.15) is 0 Å². The van der Waals surface area contributed by atoms with Gasteiger partial charge in [-0.25, -0.2) is 0 Å². The summed E-state index contributed by atoms with van der Waals surface area (Å²) in [5.41, 5.74) is 0.769. The zero-order chi connectivity index (χ0) is 14.6. The zero-order valence-corrected chi connectivity index (χ0v) is 13.0. The second kappa shape index (κ2) is 6.70. The van der Waals surface area contributed by atoms with Crippen molar-refractivity contribution in [1.82, 2.24) is 10.2 Å². The number of likely N-dealkylation sites (tertiary alicyclic amines) is 1. The SMILES string of the molecule is CC(C)NCC(C)(O)CN1CCC(c2ccccc2)C1. The summed E-state index contributed by atoms with van der Waals surface area (Å²) in [5.74, 6) is 0.616. The van der Waals surface area contributed by atoms with Gasteiger partial charge >= 0.3 is 0 Å². The van der Waals surface area contributed by atoms with E-state index in [2.05, 4.69) is 54.4 Å². The lowest BCUT2D eigenvalue weighted by molar-refractivity contribution is 0.0249. The minimum Gasteiger partial charge on any atom is -0.388 e. The van der Waals surface area contributed by atoms with E-state index in [1.54, 1.807) is 0 Å². The van der Waals surface area contributed by atoms with E-state index in [0.29, 0.717) is 18.5 Å². The predicted molar refractivity (Wildman–Crippen MR) is 84.0 cm³/mol. The van der Waals surface area contributed by atoms with E-state index in [1.165, 1.54) is 12.0 Å². The summed E-state index contributed by atoms with van der Waals surface area (Å²) in [5, 5.41) is 13.8. The third-order valence-electron chi connectivity index (χ3n) is 4.00. The van der Waals surface area contributed by atoms with Crippen LogP contribution in [0.15, 0.2) is 30.3 Å². The number of nitrogens with zero attached hydrogens (tertiary/aromatic N) is 1. The van der Waals surface area contributed by atoms with Crippen LogP contribution in [0.2, 0.25) is 0 Å². The van der Waals surface area contributed by atoms with Crippen molar-refractivity contribution in [3.63, 3.8) is 0 Å². The molecule has 2 N–H and O–H groups in total. The van der Waals surface area contributed by atoms with Gasteiger partial charge < -0.3 is 10.4 Å². The van der Waals surface area contributed by atoms with Gasteiger partial charge in [-0.05, 0) is 31.4 Å². The molecule has 0 radical (unpaired) electrons. The highest BCUT2D eigenvalue weighted by molar-refractivity contribution is 5.21. The number of benzene rings is 1. The maximum atomic E-state index is 10.5. The molecule has 1 aromatic carbocycles. The number of aliphatic hydroxyl groups is 1. The molecule has 3 nitrogen and oxygen atoms in total. The summed E-state index contributed by atoms with van der Waals surface area (Å²) in [6.45, 7) is 9.68. The second-order valence-corrected chi connectivity index (χ2v) is 6.66. The lowest BCUT2D eigenvalue weighted by atomic mass is 9.99. The summed E-state index contributed by atoms with van der Waals surface area (Å²) in [6.07, 6.45) is 1.19. The Morgan fingerprint density at radius 2 is 2.05 bits per heavy atom. The largest absolute Gasteiger partial charge is 0.388 e. The van der Waals surface area contributed by atoms with Crippen LogP contribution in [-0.4, -0.2) is 47.8 Å². The highest BCUT2D eigenvalue weighted by Gasteiger charge is 2.30. The third kappa shape index (κ3) is 4.58. The van der Waals surface area contributed by atoms with Crippen LogP contribution in [0.1, 0.15) is 38.7 Å². The van der Waals surface area contributed by atoms with Crippen LogP contribution in [0.5, 0.6) is 0 Å². The maximum Gasteiger partial charge on any atom is 0.0869 e. The Balaban J connectivity index is 1.84. The number of nitrogens with one attached hydrogen (secondary N) is 1. The van der Waals surface area contributed by atoms with E-state index in [4.69, 9.17) is 0 Å². The van der Waals surface area contributed by atoms with Gasteiger partial charge in [0.15, 0.2) is 0 Å². The monoisotopic (exact) mass is 276 g/mol. The fourth-order valence-electron chi connectivity index (χ4n) is 2.94. The molecule has 0 bridgehead atoms. The average Bonchev–Trinajstić information content (AvgIpc) is 2.85. The summed E-state index contributed by atoms with van der Waals surface area (Å²) < 4.78 is 0. The van der Waals surface area contributed by atoms with E-state index < -0.39 is 5.60 Å². The zero-order valence-electron chi connectivity index (χ0n) is 13.0. The number of hydrogen-bond donors (Lipinski definition) is 2. The topological polar surface area (TPSA) is 35.5 Å². The Bertz CT molecular complexity index is 403. The summed E-state index contributed by atoms with van der Waals surface area (Å²) in [7, 11) is 0. The highest BCUT2D eigenvalue weighted by Crippen LogP contribution is 2.27. The normalized spacial score (nSPS) is 23.1. The van der Waals surface area contributed by atoms with Crippen molar-refractivity contribution >= 4 is 0 Å². The van der Waals surface area contributed by atoms with Crippen LogP contribution in [0.4, 0.5) is 0 Å². The first-order valence-electron chi connectivity index (χ1n) is 7.69. The molecule has 2 atom stereocenters. The Labute approximate surface area is 123 Å². The van der Waals surface area contributed by atoms with Crippen LogP contribution < -0.4 is 5.32 Å². The molecule has 1 fully saturated rings. The predicted octanol–water partition coefficient (Wildman–Crippen LogP) is 2.22. The molecule has 1 aliphatic heterocycles. The van der Waals surface area contributed by atoms with Crippen molar-refractivity contribution in [2.75, 3.05) is 26.2 Å². The van der Waals surface area contributed by atoms with E-state index >= 15 is 0 Å². The summed E-state index contributed by atoms with van der Waals surface area (Å²) >= 11 is 0. The average molecular weight is 276 g/mol. The quantitative estimate of drug-likeness (QED) is 0.836. The van der Waals surface area contributed by atoms with Crippen LogP contribution in [0.25, 0.3) is 0 Å². The smallest absolute Gasteiger partial charge is 0.0869 e. The highest BCUT2D eigenvalue weighted by atomic mass is 16.3. The molecule has 2 rings (SSSR count). The van der Waals surface area contributed by atoms with E-state index in [9.17, 15) is 5.11 Å². The first kappa shape index (κ1) is 15.5. The van der Waals surface area contributed by atoms with Gasteiger partial charge in [0.05, 0.1) is 5.60 Å². The molecule has 0 saturated carbocycles. The van der Waals surface area contributed by atoms with E-state index in [1.807, 2.05) is 6.92 Å². The van der Waals surface area contributed by atoms with Crippen LogP contribution >= 0.6 is 0 Å². The molecule has 20 heavy (non-hydrogen) atoms. The Kier molecular flexibility index (Phi) is 5.19. The van der Waals surface area contributed by atoms with Crippen molar-refractivity contribution in [2.45, 2.75) is 44.8 Å². The van der Waals surface area contributed by atoms with Crippen LogP contribution in [-0.2, 0) is 0 Å². The molecule has 3 heteroatoms. The summed E-state index contributed by atoms with van der Waals surface area (Å²) in [6, 6.07) is 11.1. The number of β-amino-alcohol motifs (C(OH)–C–C–N with tert-alkyl or cyclic N) is 1. The van der Waals surface area contributed by atoms with Gasteiger partial charge in [0.1, 0.15) is 0 Å². The molecule has 0 spiro atoms. The Morgan fingerprint density at radius 1 is 1.35 bits per heavy atom. The fraction of sp³-hybridized carbons (Fsp3) is 0.647. The fourth-order valence-corrected chi connectivity index (χ4v) is 2.94. The van der Waals surface area contributed by atoms with Gasteiger partial charge in [0, 0.05) is 25.7 Å². The van der Waals surface area contributed by atoms with Gasteiger partial charge in [0.25, 0.3) is 0 Å². The van der Waals surface area contributed by atoms with Crippen molar-refractivity contribution < 1.29 is 5.11 Å². The standard InChI is InChI=1S/C17H28N2O/c1-14(2)18-12-17(3,20)13-19-10-9-16(11-19)15-7-5-4-6-8-15/h4-8,14,16,18,20H,9-13H2,1-3H3. The summed E-state index contributed by atoms with van der Waals surface area (Å²) in [4.78, 5) is 2.39. The maximum absolute atomic E-state index is 10.5. The van der Waals surface area contributed by atoms with Crippen LogP contribution in [0.3, 0.4) is 0 Å². The lowest BCUT2D eigenvalue weighted by Gasteiger charge is -2.30. The molecule has 1 heterocycles. The minimum absolute atomic E-state index is 0.414. The van der Waals surface area contributed by atoms with Crippen molar-refractivity contribution in [2.24, 2.45) is 0 Å². The molecule has 1 aliphatic rings. The minimum atomic E-state index is -0.657. The molecule has 0 aromatic heterocycles. The Hall–Kier alpha value is -0.900. The second-order valence-electron chi connectivity index (χ2n) is 6.66. The van der Waals surface area contributed by atoms with Crippen LogP contribution in [0, 0.1) is 0 Å². The lowest BCUT2D eigenvalue weighted by Crippen LogP contribution is -2.48. The molecule has 1 saturated heterocycles. The van der Waals surface area contributed by atoms with Crippen molar-refractivity contribution in [3.8, 4) is 0 Å². The van der Waals surface area contributed by atoms with E-state index in [-0.39, 0.29) is 0 Å². The molecule has 2 unspecified atom stereocenters. The Morgan fingerprint density at radius 3 is 2.70 bits per heavy atom. The number of hydrogen-bond acceptors (Lipinski definition) is 3. The molecular weight excluding hydrogens is 248 g/mol. The molecular formula is C17H28N2O. The molecule has 112 valence electrons. The van der Waals surface area contributed by atoms with E-state index in [0.717, 1.165) is 19.6 Å². The number of rotatable bonds is 6. The molecule has 0 amide bonds. The first-order chi connectivity index (χ1) is 9.46. The van der Waals surface area contributed by atoms with Crippen molar-refractivity contribution in [3.05, 3.63) is 35.9 Å². The first-order valence-corrected chi connectivity index (χ1v) is 7.69. The third-order valence-corrected chi connectivity index (χ3v) is 4.00. The van der Waals surface area contributed by atoms with Crippen molar-refractivity contribution in [1.29, 1.82) is 0 Å². The molecule has 0 aliphatic carbocycles. The van der Waals surface area contributed by atoms with Gasteiger partial charge in [-0.15, -0.1) is 0 Å². The van der Waals surface area contributed by atoms with Gasteiger partial charge in [0.2, 0.25) is 0 Å².